The SMILES string of the molecule is Cc1cc(C)cc(N(C)S(=O)(=O)c2c(C)n[nH]c2C)c1. The standard InChI is InChI=1S/C14H19N3O2S/c1-9-6-10(2)8-13(7-9)17(5)20(18,19)14-11(3)15-16-12(14)4/h6-8H,1-5H3,(H,15,16). The van der Waals surface area contributed by atoms with E-state index in [0.29, 0.717) is 17.1 Å². The Hall–Kier alpha value is -1.82. The Kier molecular flexibility index (Phi) is 3.60. The number of nitrogens with one attached hydrogen (secondary N) is 1. The number of aryl methyl sites for hydroxylation is 4. The van der Waals surface area contributed by atoms with Gasteiger partial charge in [0.05, 0.1) is 17.1 Å². The van der Waals surface area contributed by atoms with Crippen LogP contribution >= 0.6 is 0 Å². The van der Waals surface area contributed by atoms with Crippen molar-refractivity contribution in [3.05, 3.63) is 40.7 Å². The van der Waals surface area contributed by atoms with Crippen LogP contribution in [0.3, 0.4) is 0 Å². The third-order valence-corrected chi connectivity index (χ3v) is 5.30. The molecule has 0 aliphatic carbocycles. The molecule has 0 aliphatic heterocycles. The molecule has 1 heterocycles. The largest absolute Gasteiger partial charge is 0.281 e. The Bertz CT molecular complexity index is 708. The van der Waals surface area contributed by atoms with E-state index >= 15 is 0 Å². The molecule has 0 unspecified atom stereocenters. The molecule has 2 aromatic rings. The number of nitrogens with zero attached hydrogens (tertiary/aromatic N) is 2. The summed E-state index contributed by atoms with van der Waals surface area (Å²) in [7, 11) is -2.04. The molecule has 5 nitrogen and oxygen atoms in total. The Morgan fingerprint density at radius 1 is 1.05 bits per heavy atom. The Balaban J connectivity index is 2.54. The summed E-state index contributed by atoms with van der Waals surface area (Å²) in [6.45, 7) is 7.30. The lowest BCUT2D eigenvalue weighted by atomic mass is 10.1. The molecule has 0 bridgehead atoms. The zero-order chi connectivity index (χ0) is 15.1. The summed E-state index contributed by atoms with van der Waals surface area (Å²) in [6, 6.07) is 5.73. The van der Waals surface area contributed by atoms with Gasteiger partial charge in [-0.1, -0.05) is 6.07 Å². The van der Waals surface area contributed by atoms with Crippen LogP contribution in [0.4, 0.5) is 5.69 Å². The molecule has 0 fully saturated rings. The highest BCUT2D eigenvalue weighted by Gasteiger charge is 2.27. The first-order chi connectivity index (χ1) is 9.23. The normalized spacial score (nSPS) is 11.7. The van der Waals surface area contributed by atoms with E-state index in [1.807, 2.05) is 32.0 Å². The third-order valence-electron chi connectivity index (χ3n) is 3.25. The van der Waals surface area contributed by atoms with Crippen LogP contribution < -0.4 is 4.31 Å². The third kappa shape index (κ3) is 2.43. The number of aromatic amines is 1. The smallest absolute Gasteiger partial charge is 0.267 e. The number of anilines is 1. The highest BCUT2D eigenvalue weighted by molar-refractivity contribution is 7.92. The molecule has 0 aliphatic rings. The van der Waals surface area contributed by atoms with E-state index < -0.39 is 10.0 Å². The highest BCUT2D eigenvalue weighted by Crippen LogP contribution is 2.26. The minimum absolute atomic E-state index is 0.249. The van der Waals surface area contributed by atoms with E-state index in [1.54, 1.807) is 20.9 Å². The van der Waals surface area contributed by atoms with Crippen molar-refractivity contribution in [2.24, 2.45) is 0 Å². The van der Waals surface area contributed by atoms with Gasteiger partial charge in [0.15, 0.2) is 0 Å². The minimum atomic E-state index is -3.60. The number of aromatic nitrogens is 2. The van der Waals surface area contributed by atoms with Crippen molar-refractivity contribution < 1.29 is 8.42 Å². The molecular formula is C14H19N3O2S. The first-order valence-electron chi connectivity index (χ1n) is 6.32. The molecule has 1 aromatic carbocycles. The fraction of sp³-hybridized carbons (Fsp3) is 0.357. The van der Waals surface area contributed by atoms with Gasteiger partial charge in [-0.3, -0.25) is 9.40 Å². The zero-order valence-electron chi connectivity index (χ0n) is 12.4. The van der Waals surface area contributed by atoms with Gasteiger partial charge in [-0.2, -0.15) is 5.10 Å². The maximum absolute atomic E-state index is 12.7. The van der Waals surface area contributed by atoms with Crippen LogP contribution in [0.2, 0.25) is 0 Å². The molecule has 2 rings (SSSR count). The van der Waals surface area contributed by atoms with Crippen molar-refractivity contribution in [1.29, 1.82) is 0 Å². The van der Waals surface area contributed by atoms with Crippen LogP contribution in [-0.2, 0) is 10.0 Å². The van der Waals surface area contributed by atoms with Crippen molar-refractivity contribution >= 4 is 15.7 Å². The monoisotopic (exact) mass is 293 g/mol. The van der Waals surface area contributed by atoms with Crippen LogP contribution in [-0.4, -0.2) is 25.7 Å². The number of hydrogen-bond donors (Lipinski definition) is 1. The van der Waals surface area contributed by atoms with Gasteiger partial charge in [-0.05, 0) is 51.0 Å². The van der Waals surface area contributed by atoms with Crippen LogP contribution in [0, 0.1) is 27.7 Å². The Morgan fingerprint density at radius 3 is 2.05 bits per heavy atom. The molecule has 0 saturated heterocycles. The van der Waals surface area contributed by atoms with Gasteiger partial charge in [0.2, 0.25) is 0 Å². The summed E-state index contributed by atoms with van der Waals surface area (Å²) in [5.74, 6) is 0. The molecule has 0 saturated carbocycles. The average Bonchev–Trinajstić information content (AvgIpc) is 2.67. The zero-order valence-corrected chi connectivity index (χ0v) is 13.2. The maximum atomic E-state index is 12.7. The predicted molar refractivity (Wildman–Crippen MR) is 79.6 cm³/mol. The van der Waals surface area contributed by atoms with Gasteiger partial charge in [0.1, 0.15) is 4.90 Å². The Morgan fingerprint density at radius 2 is 1.60 bits per heavy atom. The van der Waals surface area contributed by atoms with E-state index in [-0.39, 0.29) is 4.90 Å². The first-order valence-corrected chi connectivity index (χ1v) is 7.76. The van der Waals surface area contributed by atoms with E-state index in [9.17, 15) is 8.42 Å². The molecule has 0 radical (unpaired) electrons. The molecule has 6 heteroatoms. The van der Waals surface area contributed by atoms with Crippen LogP contribution in [0.5, 0.6) is 0 Å². The topological polar surface area (TPSA) is 66.1 Å². The van der Waals surface area contributed by atoms with E-state index in [1.165, 1.54) is 4.31 Å². The molecule has 108 valence electrons. The number of H-pyrrole nitrogens is 1. The van der Waals surface area contributed by atoms with Crippen molar-refractivity contribution in [3.8, 4) is 0 Å². The lowest BCUT2D eigenvalue weighted by Gasteiger charge is -2.20. The van der Waals surface area contributed by atoms with E-state index in [0.717, 1.165) is 11.1 Å². The van der Waals surface area contributed by atoms with E-state index in [2.05, 4.69) is 10.2 Å². The minimum Gasteiger partial charge on any atom is -0.281 e. The van der Waals surface area contributed by atoms with Crippen molar-refractivity contribution in [2.45, 2.75) is 32.6 Å². The predicted octanol–water partition coefficient (Wildman–Crippen LogP) is 2.47. The summed E-state index contributed by atoms with van der Waals surface area (Å²) in [4.78, 5) is 0.249. The number of hydrogen-bond acceptors (Lipinski definition) is 3. The summed E-state index contributed by atoms with van der Waals surface area (Å²) >= 11 is 0. The summed E-state index contributed by atoms with van der Waals surface area (Å²) in [5.41, 5.74) is 3.75. The van der Waals surface area contributed by atoms with Gasteiger partial charge in [0, 0.05) is 7.05 Å². The summed E-state index contributed by atoms with van der Waals surface area (Å²) in [5, 5.41) is 6.68. The van der Waals surface area contributed by atoms with Crippen molar-refractivity contribution in [1.82, 2.24) is 10.2 Å². The van der Waals surface area contributed by atoms with E-state index in [4.69, 9.17) is 0 Å². The molecule has 0 spiro atoms. The fourth-order valence-corrected chi connectivity index (χ4v) is 3.84. The van der Waals surface area contributed by atoms with Crippen LogP contribution in [0.25, 0.3) is 0 Å². The highest BCUT2D eigenvalue weighted by atomic mass is 32.2. The Labute approximate surface area is 119 Å². The van der Waals surface area contributed by atoms with Crippen LogP contribution in [0.1, 0.15) is 22.5 Å². The van der Waals surface area contributed by atoms with Gasteiger partial charge in [0.25, 0.3) is 10.0 Å². The lowest BCUT2D eigenvalue weighted by molar-refractivity contribution is 0.593. The second kappa shape index (κ2) is 4.94. The maximum Gasteiger partial charge on any atom is 0.267 e. The average molecular weight is 293 g/mol. The number of benzene rings is 1. The van der Waals surface area contributed by atoms with Gasteiger partial charge in [-0.25, -0.2) is 8.42 Å². The number of sulfonamides is 1. The van der Waals surface area contributed by atoms with Crippen molar-refractivity contribution in [2.75, 3.05) is 11.4 Å². The quantitative estimate of drug-likeness (QED) is 0.945. The molecule has 0 atom stereocenters. The van der Waals surface area contributed by atoms with Gasteiger partial charge < -0.3 is 0 Å². The second-order valence-electron chi connectivity index (χ2n) is 5.08. The summed E-state index contributed by atoms with van der Waals surface area (Å²) < 4.78 is 26.8. The van der Waals surface area contributed by atoms with Gasteiger partial charge in [-0.15, -0.1) is 0 Å². The molecule has 1 N–H and O–H groups in total. The lowest BCUT2D eigenvalue weighted by Crippen LogP contribution is -2.27. The number of rotatable bonds is 3. The summed E-state index contributed by atoms with van der Waals surface area (Å²) in [6.07, 6.45) is 0. The first kappa shape index (κ1) is 14.6. The molecular weight excluding hydrogens is 274 g/mol. The molecule has 20 heavy (non-hydrogen) atoms. The van der Waals surface area contributed by atoms with Crippen LogP contribution in [0.15, 0.2) is 23.1 Å². The molecule has 1 aromatic heterocycles. The van der Waals surface area contributed by atoms with Crippen molar-refractivity contribution in [3.63, 3.8) is 0 Å². The fourth-order valence-electron chi connectivity index (χ4n) is 2.33. The molecule has 0 amide bonds. The second-order valence-corrected chi connectivity index (χ2v) is 6.99. The van der Waals surface area contributed by atoms with Gasteiger partial charge >= 0.3 is 0 Å².